The van der Waals surface area contributed by atoms with Crippen molar-refractivity contribution in [1.82, 2.24) is 9.55 Å². The van der Waals surface area contributed by atoms with Gasteiger partial charge in [-0.1, -0.05) is 23.2 Å². The summed E-state index contributed by atoms with van der Waals surface area (Å²) in [5.41, 5.74) is 6.75. The van der Waals surface area contributed by atoms with Gasteiger partial charge in [0.05, 0.1) is 32.3 Å². The topological polar surface area (TPSA) is 90.0 Å². The van der Waals surface area contributed by atoms with Crippen molar-refractivity contribution in [3.8, 4) is 0 Å². The maximum absolute atomic E-state index is 12.6. The Bertz CT molecular complexity index is 1020. The van der Waals surface area contributed by atoms with E-state index in [1.165, 1.54) is 23.0 Å². The van der Waals surface area contributed by atoms with Gasteiger partial charge in [-0.25, -0.2) is 4.98 Å². The molecular weight excluding hydrogens is 371 g/mol. The lowest BCUT2D eigenvalue weighted by molar-refractivity contribution is 0.103. The molecule has 0 bridgehead atoms. The number of hydrogen-bond donors (Lipinski definition) is 2. The van der Waals surface area contributed by atoms with E-state index in [1.807, 2.05) is 0 Å². The average Bonchev–Trinajstić information content (AvgIpc) is 2.86. The molecule has 0 atom stereocenters. The predicted octanol–water partition coefficient (Wildman–Crippen LogP) is 3.44. The molecule has 3 rings (SSSR count). The fourth-order valence-electron chi connectivity index (χ4n) is 2.27. The highest BCUT2D eigenvalue weighted by Gasteiger charge is 2.19. The van der Waals surface area contributed by atoms with Gasteiger partial charge in [-0.05, 0) is 24.6 Å². The smallest absolute Gasteiger partial charge is 0.266 e. The van der Waals surface area contributed by atoms with Crippen molar-refractivity contribution >= 4 is 62.0 Å². The van der Waals surface area contributed by atoms with Crippen molar-refractivity contribution < 1.29 is 4.79 Å². The number of nitrogens with one attached hydrogen (secondary N) is 1. The lowest BCUT2D eigenvalue weighted by atomic mass is 10.2. The Morgan fingerprint density at radius 2 is 1.96 bits per heavy atom. The number of fused-ring (bicyclic) bond motifs is 1. The van der Waals surface area contributed by atoms with E-state index in [2.05, 4.69) is 10.3 Å². The summed E-state index contributed by atoms with van der Waals surface area (Å²) in [5, 5.41) is 3.66. The third-order valence-corrected chi connectivity index (χ3v) is 5.38. The molecule has 3 N–H and O–H groups in total. The Morgan fingerprint density at radius 1 is 1.33 bits per heavy atom. The first-order chi connectivity index (χ1) is 11.3. The number of anilines is 2. The fraction of sp³-hybridized carbons (Fsp3) is 0.133. The first kappa shape index (κ1) is 16.8. The molecule has 0 aliphatic heterocycles. The number of nitrogen functional groups attached to an aromatic ring is 1. The normalized spacial score (nSPS) is 11.0. The number of aromatic nitrogens is 2. The molecule has 3 aromatic rings. The van der Waals surface area contributed by atoms with Gasteiger partial charge in [0.1, 0.15) is 4.83 Å². The van der Waals surface area contributed by atoms with Gasteiger partial charge in [-0.15, -0.1) is 11.3 Å². The van der Waals surface area contributed by atoms with Crippen LogP contribution in [-0.2, 0) is 7.05 Å². The number of rotatable bonds is 2. The predicted molar refractivity (Wildman–Crippen MR) is 98.4 cm³/mol. The molecule has 2 aromatic heterocycles. The van der Waals surface area contributed by atoms with Gasteiger partial charge in [0.25, 0.3) is 11.5 Å². The minimum atomic E-state index is -0.366. The van der Waals surface area contributed by atoms with E-state index in [4.69, 9.17) is 28.9 Å². The maximum atomic E-state index is 12.6. The Labute approximate surface area is 150 Å². The van der Waals surface area contributed by atoms with Crippen LogP contribution in [0.2, 0.25) is 10.0 Å². The van der Waals surface area contributed by atoms with Crippen LogP contribution in [0.4, 0.5) is 11.4 Å². The monoisotopic (exact) mass is 382 g/mol. The van der Waals surface area contributed by atoms with Gasteiger partial charge in [0, 0.05) is 12.7 Å². The van der Waals surface area contributed by atoms with Crippen LogP contribution in [0.1, 0.15) is 15.2 Å². The summed E-state index contributed by atoms with van der Waals surface area (Å²) in [5.74, 6) is -0.366. The number of nitrogens with two attached hydrogens (primary N) is 1. The van der Waals surface area contributed by atoms with Gasteiger partial charge in [-0.3, -0.25) is 9.59 Å². The van der Waals surface area contributed by atoms with E-state index in [1.54, 1.807) is 14.0 Å². The third-order valence-electron chi connectivity index (χ3n) is 3.55. The third kappa shape index (κ3) is 2.75. The van der Waals surface area contributed by atoms with E-state index in [9.17, 15) is 9.59 Å². The number of thiophene rings is 1. The highest BCUT2D eigenvalue weighted by atomic mass is 35.5. The van der Waals surface area contributed by atoms with Crippen molar-refractivity contribution in [3.05, 3.63) is 49.3 Å². The SMILES string of the molecule is Cc1c(C(=O)Nc2cc(Cl)c(N)c(Cl)c2)sc2ncn(C)c(=O)c12. The zero-order valence-electron chi connectivity index (χ0n) is 12.7. The van der Waals surface area contributed by atoms with E-state index >= 15 is 0 Å². The Kier molecular flexibility index (Phi) is 4.25. The standard InChI is InChI=1S/C15H12Cl2N4O2S/c1-6-10-14(19-5-21(2)15(10)23)24-12(6)13(22)20-7-3-8(16)11(18)9(17)4-7/h3-5H,18H2,1-2H3,(H,20,22). The van der Waals surface area contributed by atoms with Gasteiger partial charge < -0.3 is 15.6 Å². The van der Waals surface area contributed by atoms with Crippen molar-refractivity contribution in [2.75, 3.05) is 11.1 Å². The van der Waals surface area contributed by atoms with Crippen LogP contribution in [0, 0.1) is 6.92 Å². The largest absolute Gasteiger partial charge is 0.396 e. The molecule has 0 radical (unpaired) electrons. The Balaban J connectivity index is 2.02. The molecule has 1 amide bonds. The number of aryl methyl sites for hydroxylation is 2. The maximum Gasteiger partial charge on any atom is 0.266 e. The molecule has 0 saturated heterocycles. The molecule has 9 heteroatoms. The molecule has 0 saturated carbocycles. The van der Waals surface area contributed by atoms with Crippen molar-refractivity contribution in [2.45, 2.75) is 6.92 Å². The molecule has 0 unspecified atom stereocenters. The number of hydrogen-bond acceptors (Lipinski definition) is 5. The van der Waals surface area contributed by atoms with Crippen LogP contribution in [0.3, 0.4) is 0 Å². The van der Waals surface area contributed by atoms with E-state index in [-0.39, 0.29) is 27.2 Å². The molecule has 24 heavy (non-hydrogen) atoms. The quantitative estimate of drug-likeness (QED) is 0.664. The van der Waals surface area contributed by atoms with Crippen LogP contribution >= 0.6 is 34.5 Å². The number of nitrogens with zero attached hydrogens (tertiary/aromatic N) is 2. The molecule has 2 heterocycles. The molecule has 6 nitrogen and oxygen atoms in total. The number of halogens is 2. The summed E-state index contributed by atoms with van der Waals surface area (Å²) in [6.45, 7) is 1.72. The lowest BCUT2D eigenvalue weighted by Crippen LogP contribution is -2.17. The minimum Gasteiger partial charge on any atom is -0.396 e. The van der Waals surface area contributed by atoms with Crippen molar-refractivity contribution in [1.29, 1.82) is 0 Å². The second-order valence-corrected chi connectivity index (χ2v) is 7.02. The zero-order chi connectivity index (χ0) is 17.6. The fourth-order valence-corrected chi connectivity index (χ4v) is 3.79. The Hall–Kier alpha value is -2.09. The number of carbonyl (C=O) groups is 1. The number of benzene rings is 1. The number of amides is 1. The second kappa shape index (κ2) is 6.08. The lowest BCUT2D eigenvalue weighted by Gasteiger charge is -2.08. The van der Waals surface area contributed by atoms with E-state index in [0.717, 1.165) is 11.3 Å². The van der Waals surface area contributed by atoms with Gasteiger partial charge >= 0.3 is 0 Å². The zero-order valence-corrected chi connectivity index (χ0v) is 15.0. The molecule has 0 spiro atoms. The van der Waals surface area contributed by atoms with Crippen molar-refractivity contribution in [2.24, 2.45) is 7.05 Å². The highest BCUT2D eigenvalue weighted by molar-refractivity contribution is 7.20. The molecule has 0 aliphatic rings. The van der Waals surface area contributed by atoms with E-state index < -0.39 is 0 Å². The molecule has 0 fully saturated rings. The molecular formula is C15H12Cl2N4O2S. The van der Waals surface area contributed by atoms with Crippen LogP contribution in [0.15, 0.2) is 23.3 Å². The summed E-state index contributed by atoms with van der Waals surface area (Å²) in [4.78, 5) is 29.9. The highest BCUT2D eigenvalue weighted by Crippen LogP contribution is 2.32. The summed E-state index contributed by atoms with van der Waals surface area (Å²) < 4.78 is 1.38. The van der Waals surface area contributed by atoms with Gasteiger partial charge in [0.2, 0.25) is 0 Å². The summed E-state index contributed by atoms with van der Waals surface area (Å²) in [6, 6.07) is 3.03. The average molecular weight is 383 g/mol. The summed E-state index contributed by atoms with van der Waals surface area (Å²) >= 11 is 13.1. The van der Waals surface area contributed by atoms with Gasteiger partial charge in [-0.2, -0.15) is 0 Å². The molecule has 1 aromatic carbocycles. The first-order valence-corrected chi connectivity index (χ1v) is 8.37. The summed E-state index contributed by atoms with van der Waals surface area (Å²) in [6.07, 6.45) is 1.43. The molecule has 124 valence electrons. The minimum absolute atomic E-state index is 0.189. The van der Waals surface area contributed by atoms with Crippen LogP contribution in [0.25, 0.3) is 10.2 Å². The Morgan fingerprint density at radius 3 is 2.58 bits per heavy atom. The van der Waals surface area contributed by atoms with Crippen LogP contribution in [-0.4, -0.2) is 15.5 Å². The molecule has 0 aliphatic carbocycles. The second-order valence-electron chi connectivity index (χ2n) is 5.20. The van der Waals surface area contributed by atoms with Crippen molar-refractivity contribution in [3.63, 3.8) is 0 Å². The number of carbonyl (C=O) groups excluding carboxylic acids is 1. The first-order valence-electron chi connectivity index (χ1n) is 6.80. The van der Waals surface area contributed by atoms with Crippen LogP contribution in [0.5, 0.6) is 0 Å². The van der Waals surface area contributed by atoms with Crippen LogP contribution < -0.4 is 16.6 Å². The van der Waals surface area contributed by atoms with E-state index in [0.29, 0.717) is 26.3 Å². The van der Waals surface area contributed by atoms with Gasteiger partial charge in [0.15, 0.2) is 0 Å². The summed E-state index contributed by atoms with van der Waals surface area (Å²) in [7, 11) is 1.62.